The number of carbonyl (C=O) groups is 3. The topological polar surface area (TPSA) is 89.9 Å². The number of aliphatic carboxylic acids is 1. The van der Waals surface area contributed by atoms with Gasteiger partial charge in [0, 0.05) is 0 Å². The van der Waals surface area contributed by atoms with E-state index in [-0.39, 0.29) is 25.0 Å². The van der Waals surface area contributed by atoms with Crippen LogP contribution in [0.3, 0.4) is 0 Å². The normalized spacial score (nSPS) is 8.44. The summed E-state index contributed by atoms with van der Waals surface area (Å²) in [5, 5.41) is 7.71. The Kier molecular flexibility index (Phi) is 12.9. The molecule has 0 aliphatic rings. The number of hydrogen-bond acceptors (Lipinski definition) is 5. The van der Waals surface area contributed by atoms with E-state index in [0.29, 0.717) is 0 Å². The molecule has 0 aromatic rings. The maximum atomic E-state index is 10.6. The Labute approximate surface area is 102 Å². The fraction of sp³-hybridized carbons (Fsp3) is 0.667. The van der Waals surface area contributed by atoms with Gasteiger partial charge in [-0.05, 0) is 13.8 Å². The number of rotatable bonds is 5. The highest BCUT2D eigenvalue weighted by Crippen LogP contribution is 1.89. The van der Waals surface area contributed by atoms with Crippen molar-refractivity contribution in [3.63, 3.8) is 0 Å². The number of ether oxygens (including phenoxy) is 2. The van der Waals surface area contributed by atoms with Gasteiger partial charge in [0.05, 0.1) is 13.2 Å². The van der Waals surface area contributed by atoms with Gasteiger partial charge in [0.2, 0.25) is 0 Å². The highest BCUT2D eigenvalue weighted by Gasteiger charge is 2.09. The lowest BCUT2D eigenvalue weighted by molar-refractivity contribution is -0.154. The second-order valence-corrected chi connectivity index (χ2v) is 2.87. The van der Waals surface area contributed by atoms with Crippen LogP contribution < -0.4 is 0 Å². The molecular weight excluding hydrogens is 284 g/mol. The van der Waals surface area contributed by atoms with Crippen molar-refractivity contribution in [3.8, 4) is 0 Å². The lowest BCUT2D eigenvalue weighted by Crippen LogP contribution is -2.13. The fourth-order valence-corrected chi connectivity index (χ4v) is 0.542. The van der Waals surface area contributed by atoms with Crippen LogP contribution >= 0.6 is 15.9 Å². The molecule has 0 radical (unpaired) electrons. The first-order valence-electron chi connectivity index (χ1n) is 4.56. The van der Waals surface area contributed by atoms with Gasteiger partial charge in [-0.1, -0.05) is 15.9 Å². The van der Waals surface area contributed by atoms with Crippen LogP contribution in [0.5, 0.6) is 0 Å². The van der Waals surface area contributed by atoms with Crippen molar-refractivity contribution < 1.29 is 29.0 Å². The number of carboxylic acid groups (broad SMARTS) is 1. The van der Waals surface area contributed by atoms with E-state index in [1.54, 1.807) is 13.8 Å². The van der Waals surface area contributed by atoms with Crippen molar-refractivity contribution in [2.45, 2.75) is 20.3 Å². The van der Waals surface area contributed by atoms with Crippen LogP contribution in [0.2, 0.25) is 0 Å². The summed E-state index contributed by atoms with van der Waals surface area (Å²) in [4.78, 5) is 30.5. The summed E-state index contributed by atoms with van der Waals surface area (Å²) >= 11 is 2.71. The minimum absolute atomic E-state index is 0.0347. The molecule has 0 unspecified atom stereocenters. The average Bonchev–Trinajstić information content (AvgIpc) is 2.19. The van der Waals surface area contributed by atoms with Crippen LogP contribution in [-0.4, -0.2) is 41.6 Å². The number of alkyl halides is 1. The van der Waals surface area contributed by atoms with Gasteiger partial charge in [0.15, 0.2) is 0 Å². The van der Waals surface area contributed by atoms with Crippen LogP contribution in [0.15, 0.2) is 0 Å². The molecule has 0 fully saturated rings. The van der Waals surface area contributed by atoms with Gasteiger partial charge in [0.1, 0.15) is 11.8 Å². The molecule has 7 heteroatoms. The molecule has 0 aliphatic heterocycles. The predicted octanol–water partition coefficient (Wildman–Crippen LogP) is 0.969. The number of carboxylic acids is 1. The second-order valence-electron chi connectivity index (χ2n) is 2.31. The molecule has 16 heavy (non-hydrogen) atoms. The highest BCUT2D eigenvalue weighted by molar-refractivity contribution is 9.09. The van der Waals surface area contributed by atoms with E-state index in [2.05, 4.69) is 25.4 Å². The van der Waals surface area contributed by atoms with Gasteiger partial charge in [-0.2, -0.15) is 0 Å². The minimum atomic E-state index is -0.829. The molecule has 0 aromatic heterocycles. The van der Waals surface area contributed by atoms with E-state index in [1.165, 1.54) is 0 Å². The molecule has 94 valence electrons. The second kappa shape index (κ2) is 12.0. The third-order valence-corrected chi connectivity index (χ3v) is 1.49. The van der Waals surface area contributed by atoms with Gasteiger partial charge in [-0.3, -0.25) is 14.4 Å². The Balaban J connectivity index is 0. The largest absolute Gasteiger partial charge is 0.481 e. The lowest BCUT2D eigenvalue weighted by atomic mass is 10.4. The zero-order valence-electron chi connectivity index (χ0n) is 9.19. The number of esters is 2. The maximum Gasteiger partial charge on any atom is 0.317 e. The molecule has 0 spiro atoms. The Morgan fingerprint density at radius 2 is 1.38 bits per heavy atom. The van der Waals surface area contributed by atoms with Gasteiger partial charge < -0.3 is 14.6 Å². The number of hydrogen-bond donors (Lipinski definition) is 1. The zero-order chi connectivity index (χ0) is 13.0. The van der Waals surface area contributed by atoms with E-state index in [4.69, 9.17) is 5.11 Å². The molecule has 0 aromatic carbocycles. The van der Waals surface area contributed by atoms with E-state index in [1.807, 2.05) is 0 Å². The Hall–Kier alpha value is -1.11. The number of carbonyl (C=O) groups excluding carboxylic acids is 2. The van der Waals surface area contributed by atoms with Crippen LogP contribution in [0.1, 0.15) is 20.3 Å². The summed E-state index contributed by atoms with van der Waals surface area (Å²) in [6, 6.07) is 0. The minimum Gasteiger partial charge on any atom is -0.481 e. The van der Waals surface area contributed by atoms with Crippen molar-refractivity contribution in [2.75, 3.05) is 18.5 Å². The third kappa shape index (κ3) is 15.4. The molecule has 0 heterocycles. The predicted molar refractivity (Wildman–Crippen MR) is 59.3 cm³/mol. The maximum absolute atomic E-state index is 10.6. The smallest absolute Gasteiger partial charge is 0.317 e. The summed E-state index contributed by atoms with van der Waals surface area (Å²) in [6.45, 7) is 3.95. The van der Waals surface area contributed by atoms with Crippen molar-refractivity contribution in [2.24, 2.45) is 0 Å². The van der Waals surface area contributed by atoms with Gasteiger partial charge in [0.25, 0.3) is 0 Å². The van der Waals surface area contributed by atoms with Crippen molar-refractivity contribution >= 4 is 33.8 Å². The molecule has 0 saturated heterocycles. The van der Waals surface area contributed by atoms with E-state index >= 15 is 0 Å². The summed E-state index contributed by atoms with van der Waals surface area (Å²) in [6.07, 6.45) is -0.290. The quantitative estimate of drug-likeness (QED) is 0.462. The zero-order valence-corrected chi connectivity index (χ0v) is 10.8. The summed E-state index contributed by atoms with van der Waals surface area (Å²) in [5.74, 6) is -1.90. The Morgan fingerprint density at radius 3 is 1.56 bits per heavy atom. The molecule has 0 aliphatic carbocycles. The van der Waals surface area contributed by atoms with Crippen LogP contribution in [0, 0.1) is 0 Å². The SMILES string of the molecule is CCOC(=O)CC(=O)OCC.O=C(O)CBr. The van der Waals surface area contributed by atoms with E-state index < -0.39 is 17.9 Å². The summed E-state index contributed by atoms with van der Waals surface area (Å²) < 4.78 is 9.04. The van der Waals surface area contributed by atoms with Crippen molar-refractivity contribution in [1.29, 1.82) is 0 Å². The number of halogens is 1. The third-order valence-electron chi connectivity index (χ3n) is 1.01. The first-order valence-corrected chi connectivity index (χ1v) is 5.69. The molecule has 0 atom stereocenters. The van der Waals surface area contributed by atoms with Crippen LogP contribution in [-0.2, 0) is 23.9 Å². The summed E-state index contributed by atoms with van der Waals surface area (Å²) in [5.41, 5.74) is 0. The standard InChI is InChI=1S/C7H12O4.C2H3BrO2/c1-3-10-6(8)5-7(9)11-4-2;3-1-2(4)5/h3-5H2,1-2H3;1H2,(H,4,5). The molecular formula is C9H15BrO6. The average molecular weight is 299 g/mol. The van der Waals surface area contributed by atoms with Crippen molar-refractivity contribution in [1.82, 2.24) is 0 Å². The lowest BCUT2D eigenvalue weighted by Gasteiger charge is -2.00. The van der Waals surface area contributed by atoms with Gasteiger partial charge in [-0.25, -0.2) is 0 Å². The molecule has 0 amide bonds. The van der Waals surface area contributed by atoms with Crippen LogP contribution in [0.4, 0.5) is 0 Å². The first-order chi connectivity index (χ1) is 7.47. The Morgan fingerprint density at radius 1 is 1.06 bits per heavy atom. The molecule has 0 bridgehead atoms. The van der Waals surface area contributed by atoms with E-state index in [0.717, 1.165) is 0 Å². The Bertz CT molecular complexity index is 212. The molecule has 0 saturated carbocycles. The molecule has 0 rings (SSSR count). The highest BCUT2D eigenvalue weighted by atomic mass is 79.9. The van der Waals surface area contributed by atoms with E-state index in [9.17, 15) is 14.4 Å². The van der Waals surface area contributed by atoms with Gasteiger partial charge >= 0.3 is 17.9 Å². The fourth-order valence-electron chi connectivity index (χ4n) is 0.542. The molecule has 6 nitrogen and oxygen atoms in total. The first kappa shape index (κ1) is 17.3. The van der Waals surface area contributed by atoms with Gasteiger partial charge in [-0.15, -0.1) is 0 Å². The van der Waals surface area contributed by atoms with Crippen LogP contribution in [0.25, 0.3) is 0 Å². The molecule has 1 N–H and O–H groups in total. The van der Waals surface area contributed by atoms with Crippen molar-refractivity contribution in [3.05, 3.63) is 0 Å². The summed E-state index contributed by atoms with van der Waals surface area (Å²) in [7, 11) is 0. The monoisotopic (exact) mass is 298 g/mol.